The molecule has 120 valence electrons. The molecule has 2 heterocycles. The molecule has 3 atom stereocenters. The highest BCUT2D eigenvalue weighted by Crippen LogP contribution is 2.36. The van der Waals surface area contributed by atoms with E-state index < -0.39 is 0 Å². The zero-order valence-electron chi connectivity index (χ0n) is 12.9. The van der Waals surface area contributed by atoms with Crippen molar-refractivity contribution in [2.24, 2.45) is 17.8 Å². The first-order valence-electron chi connectivity index (χ1n) is 8.56. The number of carbonyl (C=O) groups is 2. The van der Waals surface area contributed by atoms with Gasteiger partial charge in [-0.1, -0.05) is 18.6 Å². The normalized spacial score (nSPS) is 34.6. The van der Waals surface area contributed by atoms with Crippen LogP contribution >= 0.6 is 11.8 Å². The molecule has 5 heteroatoms. The summed E-state index contributed by atoms with van der Waals surface area (Å²) in [4.78, 5) is 29.4. The third kappa shape index (κ3) is 2.47. The van der Waals surface area contributed by atoms with E-state index in [1.807, 2.05) is 9.80 Å². The van der Waals surface area contributed by atoms with Crippen molar-refractivity contribution < 1.29 is 9.59 Å². The molecule has 0 N–H and O–H groups in total. The summed E-state index contributed by atoms with van der Waals surface area (Å²) < 4.78 is 0. The minimum atomic E-state index is -0.203. The number of hydrogen-bond acceptors (Lipinski definition) is 3. The van der Waals surface area contributed by atoms with Crippen LogP contribution in [0.4, 0.5) is 0 Å². The maximum absolute atomic E-state index is 12.9. The zero-order valence-corrected chi connectivity index (χ0v) is 13.8. The number of fused-ring (bicyclic) bond motifs is 1. The van der Waals surface area contributed by atoms with Crippen LogP contribution in [0, 0.1) is 17.8 Å². The van der Waals surface area contributed by atoms with E-state index in [2.05, 4.69) is 12.2 Å². The number of nitrogens with zero attached hydrogens (tertiary/aromatic N) is 2. The predicted octanol–water partition coefficient (Wildman–Crippen LogP) is 2.11. The van der Waals surface area contributed by atoms with E-state index in [0.717, 1.165) is 44.5 Å². The van der Waals surface area contributed by atoms with Gasteiger partial charge in [0.2, 0.25) is 11.8 Å². The quantitative estimate of drug-likeness (QED) is 0.732. The highest BCUT2D eigenvalue weighted by atomic mass is 32.2. The molecule has 4 nitrogen and oxygen atoms in total. The minimum absolute atomic E-state index is 0.194. The molecule has 0 aromatic rings. The fraction of sp³-hybridized carbons (Fsp3) is 0.765. The van der Waals surface area contributed by atoms with Crippen LogP contribution < -0.4 is 0 Å². The molecule has 3 fully saturated rings. The number of rotatable bonds is 2. The Balaban J connectivity index is 1.42. The first-order valence-corrected chi connectivity index (χ1v) is 9.71. The van der Waals surface area contributed by atoms with Crippen molar-refractivity contribution in [1.29, 1.82) is 0 Å². The van der Waals surface area contributed by atoms with Crippen molar-refractivity contribution in [1.82, 2.24) is 9.80 Å². The Morgan fingerprint density at radius 2 is 1.68 bits per heavy atom. The molecule has 0 bridgehead atoms. The Bertz CT molecular complexity index is 487. The van der Waals surface area contributed by atoms with Crippen molar-refractivity contribution in [3.8, 4) is 0 Å². The van der Waals surface area contributed by atoms with Crippen LogP contribution in [0.2, 0.25) is 0 Å². The van der Waals surface area contributed by atoms with Crippen LogP contribution in [0.15, 0.2) is 12.2 Å². The van der Waals surface area contributed by atoms with E-state index in [9.17, 15) is 9.59 Å². The summed E-state index contributed by atoms with van der Waals surface area (Å²) in [6, 6.07) is -0.203. The molecule has 1 saturated carbocycles. The fourth-order valence-electron chi connectivity index (χ4n) is 4.16. The molecule has 0 spiro atoms. The molecule has 0 aromatic carbocycles. The highest BCUT2D eigenvalue weighted by Gasteiger charge is 2.43. The number of thioether (sulfide) groups is 1. The molecule has 2 saturated heterocycles. The molecule has 0 radical (unpaired) electrons. The van der Waals surface area contributed by atoms with Gasteiger partial charge in [0.15, 0.2) is 0 Å². The predicted molar refractivity (Wildman–Crippen MR) is 87.2 cm³/mol. The summed E-state index contributed by atoms with van der Waals surface area (Å²) in [5, 5.41) is 0. The van der Waals surface area contributed by atoms with Crippen LogP contribution in [-0.4, -0.2) is 52.4 Å². The van der Waals surface area contributed by atoms with E-state index in [1.165, 1.54) is 6.42 Å². The molecular weight excluding hydrogens is 296 g/mol. The second kappa shape index (κ2) is 5.91. The van der Waals surface area contributed by atoms with Gasteiger partial charge < -0.3 is 9.80 Å². The van der Waals surface area contributed by atoms with Gasteiger partial charge in [-0.3, -0.25) is 9.59 Å². The number of hydrogen-bond donors (Lipinski definition) is 0. The summed E-state index contributed by atoms with van der Waals surface area (Å²) in [7, 11) is 0. The topological polar surface area (TPSA) is 40.6 Å². The first kappa shape index (κ1) is 14.6. The summed E-state index contributed by atoms with van der Waals surface area (Å²) in [5.74, 6) is 3.38. The molecule has 2 aliphatic carbocycles. The van der Waals surface area contributed by atoms with Gasteiger partial charge >= 0.3 is 0 Å². The highest BCUT2D eigenvalue weighted by molar-refractivity contribution is 7.99. The fourth-order valence-corrected chi connectivity index (χ4v) is 5.31. The van der Waals surface area contributed by atoms with Crippen molar-refractivity contribution in [2.45, 2.75) is 38.1 Å². The maximum Gasteiger partial charge on any atom is 0.246 e. The van der Waals surface area contributed by atoms with Crippen LogP contribution in [0.1, 0.15) is 32.1 Å². The van der Waals surface area contributed by atoms with Crippen molar-refractivity contribution in [3.63, 3.8) is 0 Å². The number of likely N-dealkylation sites (tertiary alicyclic amines) is 1. The van der Waals surface area contributed by atoms with Gasteiger partial charge in [0.05, 0.1) is 5.88 Å². The summed E-state index contributed by atoms with van der Waals surface area (Å²) in [5.41, 5.74) is 0. The lowest BCUT2D eigenvalue weighted by Crippen LogP contribution is -2.50. The smallest absolute Gasteiger partial charge is 0.246 e. The molecule has 4 rings (SSSR count). The van der Waals surface area contributed by atoms with Crippen molar-refractivity contribution in [3.05, 3.63) is 12.2 Å². The zero-order chi connectivity index (χ0) is 15.1. The van der Waals surface area contributed by atoms with Crippen LogP contribution in [0.3, 0.4) is 0 Å². The van der Waals surface area contributed by atoms with E-state index in [-0.39, 0.29) is 23.8 Å². The van der Waals surface area contributed by atoms with Crippen LogP contribution in [0.25, 0.3) is 0 Å². The Morgan fingerprint density at radius 3 is 2.27 bits per heavy atom. The number of amides is 2. The SMILES string of the molecule is O=C([C@@H]1CSCN1C(=O)C1CCC1)N1C[C@H]2CC=CC[C@H]2C1. The molecule has 2 aliphatic heterocycles. The largest absolute Gasteiger partial charge is 0.340 e. The van der Waals surface area contributed by atoms with Gasteiger partial charge in [0.1, 0.15) is 6.04 Å². The molecule has 2 amide bonds. The summed E-state index contributed by atoms with van der Waals surface area (Å²) >= 11 is 1.73. The van der Waals surface area contributed by atoms with E-state index in [1.54, 1.807) is 11.8 Å². The lowest BCUT2D eigenvalue weighted by molar-refractivity contribution is -0.146. The molecule has 0 unspecified atom stereocenters. The number of allylic oxidation sites excluding steroid dienone is 2. The summed E-state index contributed by atoms with van der Waals surface area (Å²) in [6.45, 7) is 1.78. The first-order chi connectivity index (χ1) is 10.7. The average molecular weight is 320 g/mol. The van der Waals surface area contributed by atoms with Crippen LogP contribution in [-0.2, 0) is 9.59 Å². The minimum Gasteiger partial charge on any atom is -0.340 e. The summed E-state index contributed by atoms with van der Waals surface area (Å²) in [6.07, 6.45) is 9.93. The maximum atomic E-state index is 12.9. The van der Waals surface area contributed by atoms with Crippen molar-refractivity contribution >= 4 is 23.6 Å². The third-order valence-corrected chi connectivity index (χ3v) is 6.85. The Hall–Kier alpha value is -0.970. The Kier molecular flexibility index (Phi) is 3.93. The van der Waals surface area contributed by atoms with Gasteiger partial charge in [-0.15, -0.1) is 11.8 Å². The standard InChI is InChI=1S/C17H24N2O2S/c20-16(12-6-3-7-12)19-11-22-10-15(19)17(21)18-8-13-4-1-2-5-14(13)9-18/h1-2,12-15H,3-11H2/t13-,14+,15-/m0/s1. The monoisotopic (exact) mass is 320 g/mol. The number of carbonyl (C=O) groups excluding carboxylic acids is 2. The second-order valence-corrected chi connectivity index (χ2v) is 8.16. The molecule has 0 aromatic heterocycles. The van der Waals surface area contributed by atoms with Gasteiger partial charge in [-0.05, 0) is 37.5 Å². The second-order valence-electron chi connectivity index (χ2n) is 7.16. The average Bonchev–Trinajstić information content (AvgIpc) is 3.11. The van der Waals surface area contributed by atoms with Crippen LogP contribution in [0.5, 0.6) is 0 Å². The third-order valence-electron chi connectivity index (χ3n) is 5.84. The Labute approximate surface area is 136 Å². The van der Waals surface area contributed by atoms with Gasteiger partial charge in [0.25, 0.3) is 0 Å². The molecule has 22 heavy (non-hydrogen) atoms. The van der Waals surface area contributed by atoms with Gasteiger partial charge in [0, 0.05) is 24.8 Å². The van der Waals surface area contributed by atoms with E-state index >= 15 is 0 Å². The van der Waals surface area contributed by atoms with Gasteiger partial charge in [-0.2, -0.15) is 0 Å². The van der Waals surface area contributed by atoms with Crippen molar-refractivity contribution in [2.75, 3.05) is 24.7 Å². The van der Waals surface area contributed by atoms with E-state index in [4.69, 9.17) is 0 Å². The molecular formula is C17H24N2O2S. The lowest BCUT2D eigenvalue weighted by Gasteiger charge is -2.33. The van der Waals surface area contributed by atoms with E-state index in [0.29, 0.717) is 17.7 Å². The van der Waals surface area contributed by atoms with Gasteiger partial charge in [-0.25, -0.2) is 0 Å². The molecule has 4 aliphatic rings. The lowest BCUT2D eigenvalue weighted by atomic mass is 9.84. The Morgan fingerprint density at radius 1 is 1.00 bits per heavy atom.